The van der Waals surface area contributed by atoms with Gasteiger partial charge >= 0.3 is 5.97 Å². The molecule has 0 radical (unpaired) electrons. The van der Waals surface area contributed by atoms with E-state index in [1.54, 1.807) is 0 Å². The number of halogens is 2. The molecule has 0 saturated carbocycles. The summed E-state index contributed by atoms with van der Waals surface area (Å²) in [6, 6.07) is 1.93. The number of sulfonamides is 1. The van der Waals surface area contributed by atoms with Crippen LogP contribution in [-0.4, -0.2) is 26.0 Å². The Bertz CT molecular complexity index is 525. The summed E-state index contributed by atoms with van der Waals surface area (Å²) in [5.74, 6) is -3.05. The van der Waals surface area contributed by atoms with Gasteiger partial charge < -0.3 is 5.11 Å². The molecule has 0 aromatic heterocycles. The van der Waals surface area contributed by atoms with Crippen LogP contribution >= 0.6 is 0 Å². The molecule has 18 heavy (non-hydrogen) atoms. The molecule has 1 rings (SSSR count). The van der Waals surface area contributed by atoms with E-state index in [1.165, 1.54) is 0 Å². The number of carboxylic acids is 1. The molecule has 0 saturated heterocycles. The van der Waals surface area contributed by atoms with E-state index in [-0.39, 0.29) is 19.4 Å². The minimum absolute atomic E-state index is 0.0896. The van der Waals surface area contributed by atoms with Gasteiger partial charge in [0.2, 0.25) is 10.0 Å². The van der Waals surface area contributed by atoms with Crippen LogP contribution in [0, 0.1) is 11.6 Å². The average molecular weight is 279 g/mol. The number of aliphatic carboxylic acids is 1. The molecule has 100 valence electrons. The van der Waals surface area contributed by atoms with Crippen molar-refractivity contribution in [3.05, 3.63) is 29.8 Å². The van der Waals surface area contributed by atoms with Gasteiger partial charge in [0, 0.05) is 19.0 Å². The molecule has 1 aromatic carbocycles. The maximum absolute atomic E-state index is 12.8. The normalized spacial score (nSPS) is 11.4. The molecule has 2 N–H and O–H groups in total. The predicted octanol–water partition coefficient (Wildman–Crippen LogP) is 1.11. The lowest BCUT2D eigenvalue weighted by molar-refractivity contribution is -0.137. The minimum atomic E-state index is -4.03. The van der Waals surface area contributed by atoms with Gasteiger partial charge in [-0.1, -0.05) is 0 Å². The van der Waals surface area contributed by atoms with E-state index in [1.807, 2.05) is 0 Å². The van der Waals surface area contributed by atoms with Crippen molar-refractivity contribution < 1.29 is 27.1 Å². The monoisotopic (exact) mass is 279 g/mol. The smallest absolute Gasteiger partial charge is 0.303 e. The molecular formula is C10H11F2NO4S. The van der Waals surface area contributed by atoms with Gasteiger partial charge in [-0.25, -0.2) is 21.9 Å². The van der Waals surface area contributed by atoms with Crippen LogP contribution in [0.2, 0.25) is 0 Å². The van der Waals surface area contributed by atoms with Crippen molar-refractivity contribution >= 4 is 16.0 Å². The van der Waals surface area contributed by atoms with Crippen LogP contribution in [0.4, 0.5) is 8.78 Å². The van der Waals surface area contributed by atoms with Crippen LogP contribution in [0.25, 0.3) is 0 Å². The first kappa shape index (κ1) is 14.5. The molecule has 0 heterocycles. The third-order valence-corrected chi connectivity index (χ3v) is 3.45. The Kier molecular flexibility index (Phi) is 4.74. The molecule has 0 aliphatic rings. The van der Waals surface area contributed by atoms with Gasteiger partial charge in [0.05, 0.1) is 4.90 Å². The molecule has 0 atom stereocenters. The molecule has 0 spiro atoms. The summed E-state index contributed by atoms with van der Waals surface area (Å²) in [5, 5.41) is 8.36. The van der Waals surface area contributed by atoms with Gasteiger partial charge in [-0.15, -0.1) is 0 Å². The van der Waals surface area contributed by atoms with E-state index >= 15 is 0 Å². The zero-order valence-corrected chi connectivity index (χ0v) is 10.0. The van der Waals surface area contributed by atoms with E-state index in [4.69, 9.17) is 5.11 Å². The van der Waals surface area contributed by atoms with E-state index in [0.717, 1.165) is 0 Å². The maximum Gasteiger partial charge on any atom is 0.303 e. The molecule has 0 aliphatic carbocycles. The van der Waals surface area contributed by atoms with Crippen molar-refractivity contribution in [1.29, 1.82) is 0 Å². The van der Waals surface area contributed by atoms with Crippen molar-refractivity contribution in [1.82, 2.24) is 4.72 Å². The second-order valence-electron chi connectivity index (χ2n) is 3.50. The van der Waals surface area contributed by atoms with Gasteiger partial charge in [-0.3, -0.25) is 4.79 Å². The summed E-state index contributed by atoms with van der Waals surface area (Å²) < 4.78 is 50.9. The van der Waals surface area contributed by atoms with E-state index in [2.05, 4.69) is 4.72 Å². The number of hydrogen-bond donors (Lipinski definition) is 2. The predicted molar refractivity (Wildman–Crippen MR) is 58.4 cm³/mol. The lowest BCUT2D eigenvalue weighted by Gasteiger charge is -2.06. The van der Waals surface area contributed by atoms with Crippen molar-refractivity contribution in [2.75, 3.05) is 6.54 Å². The molecular weight excluding hydrogens is 268 g/mol. The van der Waals surface area contributed by atoms with Crippen LogP contribution in [0.5, 0.6) is 0 Å². The summed E-state index contributed by atoms with van der Waals surface area (Å²) in [6.45, 7) is -0.118. The van der Waals surface area contributed by atoms with E-state index in [9.17, 15) is 22.0 Å². The summed E-state index contributed by atoms with van der Waals surface area (Å²) in [6.07, 6.45) is -0.105. The Morgan fingerprint density at radius 3 is 2.28 bits per heavy atom. The molecule has 0 fully saturated rings. The van der Waals surface area contributed by atoms with Gasteiger partial charge in [-0.05, 0) is 18.6 Å². The lowest BCUT2D eigenvalue weighted by Crippen LogP contribution is -2.25. The number of carbonyl (C=O) groups is 1. The number of hydrogen-bond acceptors (Lipinski definition) is 3. The van der Waals surface area contributed by atoms with Gasteiger partial charge in [0.15, 0.2) is 0 Å². The Balaban J connectivity index is 2.71. The number of benzene rings is 1. The van der Waals surface area contributed by atoms with E-state index < -0.39 is 32.5 Å². The fraction of sp³-hybridized carbons (Fsp3) is 0.300. The summed E-state index contributed by atoms with van der Waals surface area (Å²) in [5.41, 5.74) is 0. The van der Waals surface area contributed by atoms with Crippen molar-refractivity contribution in [3.8, 4) is 0 Å². The Hall–Kier alpha value is -1.54. The summed E-state index contributed by atoms with van der Waals surface area (Å²) in [4.78, 5) is 9.67. The second-order valence-corrected chi connectivity index (χ2v) is 5.27. The average Bonchev–Trinajstić information content (AvgIpc) is 2.23. The Labute approximate surface area is 102 Å². The van der Waals surface area contributed by atoms with Crippen molar-refractivity contribution in [2.24, 2.45) is 0 Å². The highest BCUT2D eigenvalue weighted by Gasteiger charge is 2.15. The third-order valence-electron chi connectivity index (χ3n) is 2.01. The number of rotatable bonds is 6. The largest absolute Gasteiger partial charge is 0.481 e. The zero-order valence-electron chi connectivity index (χ0n) is 9.19. The standard InChI is InChI=1S/C10H11F2NO4S/c11-7-4-8(12)6-9(5-7)18(16,17)13-3-1-2-10(14)15/h4-6,13H,1-3H2,(H,14,15). The fourth-order valence-electron chi connectivity index (χ4n) is 1.21. The first-order chi connectivity index (χ1) is 8.31. The molecule has 0 bridgehead atoms. The van der Waals surface area contributed by atoms with Crippen LogP contribution < -0.4 is 4.72 Å². The first-order valence-electron chi connectivity index (χ1n) is 4.99. The second kappa shape index (κ2) is 5.87. The summed E-state index contributed by atoms with van der Waals surface area (Å²) >= 11 is 0. The highest BCUT2D eigenvalue weighted by molar-refractivity contribution is 7.89. The van der Waals surface area contributed by atoms with Crippen LogP contribution in [0.3, 0.4) is 0 Å². The van der Waals surface area contributed by atoms with Crippen LogP contribution in [0.1, 0.15) is 12.8 Å². The van der Waals surface area contributed by atoms with Crippen molar-refractivity contribution in [2.45, 2.75) is 17.7 Å². The highest BCUT2D eigenvalue weighted by atomic mass is 32.2. The van der Waals surface area contributed by atoms with Crippen LogP contribution in [0.15, 0.2) is 23.1 Å². The SMILES string of the molecule is O=C(O)CCCNS(=O)(=O)c1cc(F)cc(F)c1. The van der Waals surface area contributed by atoms with E-state index in [0.29, 0.717) is 18.2 Å². The lowest BCUT2D eigenvalue weighted by atomic mass is 10.3. The first-order valence-corrected chi connectivity index (χ1v) is 6.47. The highest BCUT2D eigenvalue weighted by Crippen LogP contribution is 2.13. The quantitative estimate of drug-likeness (QED) is 0.764. The third kappa shape index (κ3) is 4.38. The zero-order chi connectivity index (χ0) is 13.8. The van der Waals surface area contributed by atoms with Crippen LogP contribution in [-0.2, 0) is 14.8 Å². The van der Waals surface area contributed by atoms with Gasteiger partial charge in [0.25, 0.3) is 0 Å². The number of carboxylic acid groups (broad SMARTS) is 1. The molecule has 5 nitrogen and oxygen atoms in total. The van der Waals surface area contributed by atoms with Crippen molar-refractivity contribution in [3.63, 3.8) is 0 Å². The molecule has 1 aromatic rings. The summed E-state index contributed by atoms with van der Waals surface area (Å²) in [7, 11) is -4.03. The maximum atomic E-state index is 12.8. The molecule has 0 unspecified atom stereocenters. The Morgan fingerprint density at radius 1 is 1.22 bits per heavy atom. The molecule has 0 amide bonds. The minimum Gasteiger partial charge on any atom is -0.481 e. The molecule has 0 aliphatic heterocycles. The molecule has 8 heteroatoms. The Morgan fingerprint density at radius 2 is 1.78 bits per heavy atom. The topological polar surface area (TPSA) is 83.5 Å². The number of nitrogens with one attached hydrogen (secondary N) is 1. The van der Waals surface area contributed by atoms with Gasteiger partial charge in [0.1, 0.15) is 11.6 Å². The van der Waals surface area contributed by atoms with Gasteiger partial charge in [-0.2, -0.15) is 0 Å². The fourth-order valence-corrected chi connectivity index (χ4v) is 2.33.